The molecule has 0 unspecified atom stereocenters. The monoisotopic (exact) mass is 240 g/mol. The average Bonchev–Trinajstić information content (AvgIpc) is 2.91. The number of carboxylic acids is 1. The Labute approximate surface area is 104 Å². The van der Waals surface area contributed by atoms with Gasteiger partial charge in [-0.3, -0.25) is 0 Å². The van der Waals surface area contributed by atoms with Crippen molar-refractivity contribution in [2.24, 2.45) is 0 Å². The summed E-state index contributed by atoms with van der Waals surface area (Å²) in [6, 6.07) is 5.28. The predicted octanol–water partition coefficient (Wildman–Crippen LogP) is 2.59. The van der Waals surface area contributed by atoms with Gasteiger partial charge >= 0.3 is 5.97 Å². The molecule has 0 aliphatic heterocycles. The number of nitrogens with zero attached hydrogens (tertiary/aromatic N) is 1. The molecule has 4 heteroatoms. The number of imidazole rings is 1. The summed E-state index contributed by atoms with van der Waals surface area (Å²) in [4.78, 5) is 18.3. The van der Waals surface area contributed by atoms with E-state index in [4.69, 9.17) is 5.11 Å². The molecular weight excluding hydrogens is 228 g/mol. The second-order valence-corrected chi connectivity index (χ2v) is 4.33. The number of carbonyl (C=O) groups is 1. The van der Waals surface area contributed by atoms with E-state index >= 15 is 0 Å². The van der Waals surface area contributed by atoms with Crippen LogP contribution in [0.15, 0.2) is 30.6 Å². The molecule has 1 aliphatic rings. The maximum atomic E-state index is 11.0. The van der Waals surface area contributed by atoms with Crippen molar-refractivity contribution in [3.8, 4) is 0 Å². The number of aryl methyl sites for hydroxylation is 1. The minimum Gasteiger partial charge on any atom is -0.478 e. The predicted molar refractivity (Wildman–Crippen MR) is 68.2 cm³/mol. The van der Waals surface area contributed by atoms with Crippen LogP contribution in [-0.4, -0.2) is 21.0 Å². The summed E-state index contributed by atoms with van der Waals surface area (Å²) in [5, 5.41) is 9.00. The van der Waals surface area contributed by atoms with Crippen molar-refractivity contribution in [3.05, 3.63) is 53.1 Å². The number of aromatic nitrogens is 2. The van der Waals surface area contributed by atoms with E-state index in [2.05, 4.69) is 9.97 Å². The fourth-order valence-electron chi connectivity index (χ4n) is 2.25. The zero-order valence-corrected chi connectivity index (χ0v) is 9.68. The molecule has 0 amide bonds. The van der Waals surface area contributed by atoms with Crippen LogP contribution in [0.2, 0.25) is 0 Å². The minimum atomic E-state index is -0.892. The maximum absolute atomic E-state index is 11.0. The zero-order valence-electron chi connectivity index (χ0n) is 9.68. The molecule has 0 bridgehead atoms. The van der Waals surface area contributed by atoms with E-state index in [0.717, 1.165) is 29.8 Å². The molecule has 2 N–H and O–H groups in total. The van der Waals surface area contributed by atoms with Crippen molar-refractivity contribution in [1.82, 2.24) is 9.97 Å². The first kappa shape index (κ1) is 10.8. The van der Waals surface area contributed by atoms with Gasteiger partial charge in [0.1, 0.15) is 5.82 Å². The molecule has 2 aromatic rings. The Morgan fingerprint density at radius 2 is 2.22 bits per heavy atom. The molecule has 4 nitrogen and oxygen atoms in total. The van der Waals surface area contributed by atoms with Gasteiger partial charge in [-0.05, 0) is 47.8 Å². The van der Waals surface area contributed by atoms with Crippen LogP contribution < -0.4 is 0 Å². The molecule has 1 aliphatic carbocycles. The van der Waals surface area contributed by atoms with E-state index < -0.39 is 5.97 Å². The number of benzene rings is 1. The molecule has 0 radical (unpaired) electrons. The molecule has 0 fully saturated rings. The van der Waals surface area contributed by atoms with Gasteiger partial charge in [0.15, 0.2) is 0 Å². The van der Waals surface area contributed by atoms with Crippen LogP contribution in [-0.2, 0) is 6.42 Å². The normalized spacial score (nSPS) is 13.9. The fraction of sp³-hybridized carbons (Fsp3) is 0.143. The van der Waals surface area contributed by atoms with Crippen LogP contribution in [0, 0.1) is 0 Å². The largest absolute Gasteiger partial charge is 0.478 e. The first-order valence-corrected chi connectivity index (χ1v) is 5.80. The van der Waals surface area contributed by atoms with E-state index in [-0.39, 0.29) is 0 Å². The minimum absolute atomic E-state index is 0.325. The first-order valence-electron chi connectivity index (χ1n) is 5.80. The Morgan fingerprint density at radius 1 is 1.33 bits per heavy atom. The van der Waals surface area contributed by atoms with Crippen molar-refractivity contribution in [1.29, 1.82) is 0 Å². The summed E-state index contributed by atoms with van der Waals surface area (Å²) in [5.74, 6) is -0.0299. The number of H-pyrrole nitrogens is 1. The number of aromatic carboxylic acids is 1. The quantitative estimate of drug-likeness (QED) is 0.847. The molecule has 3 rings (SSSR count). The van der Waals surface area contributed by atoms with Crippen molar-refractivity contribution in [2.45, 2.75) is 12.8 Å². The van der Waals surface area contributed by atoms with E-state index in [1.165, 1.54) is 5.56 Å². The number of hydrogen-bond donors (Lipinski definition) is 2. The van der Waals surface area contributed by atoms with Crippen LogP contribution in [0.4, 0.5) is 0 Å². The Kier molecular flexibility index (Phi) is 2.48. The van der Waals surface area contributed by atoms with E-state index in [9.17, 15) is 4.79 Å². The summed E-state index contributed by atoms with van der Waals surface area (Å²) in [6.45, 7) is 0. The standard InChI is InChI=1S/C14H12N2O2/c17-14(18)11-4-2-9-1-3-10(7-12(9)8-11)13-15-5-6-16-13/h2,4-8H,1,3H2,(H,15,16)(H,17,18). The third-order valence-corrected chi connectivity index (χ3v) is 3.19. The van der Waals surface area contributed by atoms with E-state index in [0.29, 0.717) is 5.56 Å². The molecule has 0 atom stereocenters. The van der Waals surface area contributed by atoms with Crippen molar-refractivity contribution in [3.63, 3.8) is 0 Å². The van der Waals surface area contributed by atoms with Crippen LogP contribution >= 0.6 is 0 Å². The van der Waals surface area contributed by atoms with E-state index in [1.807, 2.05) is 12.1 Å². The number of aromatic amines is 1. The number of allylic oxidation sites excluding steroid dienone is 1. The third-order valence-electron chi connectivity index (χ3n) is 3.19. The second-order valence-electron chi connectivity index (χ2n) is 4.33. The van der Waals surface area contributed by atoms with Crippen molar-refractivity contribution >= 4 is 17.6 Å². The van der Waals surface area contributed by atoms with Crippen molar-refractivity contribution < 1.29 is 9.90 Å². The lowest BCUT2D eigenvalue weighted by Crippen LogP contribution is -2.03. The lowest BCUT2D eigenvalue weighted by Gasteiger charge is -2.15. The Hall–Kier alpha value is -2.36. The maximum Gasteiger partial charge on any atom is 0.335 e. The molecule has 1 aromatic heterocycles. The van der Waals surface area contributed by atoms with Gasteiger partial charge in [0, 0.05) is 12.4 Å². The number of rotatable bonds is 2. The SMILES string of the molecule is O=C(O)c1ccc2c(c1)C=C(c1ncc[nH]1)CC2. The topological polar surface area (TPSA) is 66.0 Å². The summed E-state index contributed by atoms with van der Waals surface area (Å²) in [7, 11) is 0. The molecule has 0 spiro atoms. The summed E-state index contributed by atoms with van der Waals surface area (Å²) < 4.78 is 0. The van der Waals surface area contributed by atoms with Crippen LogP contribution in [0.1, 0.15) is 33.7 Å². The summed E-state index contributed by atoms with van der Waals surface area (Å²) >= 11 is 0. The van der Waals surface area contributed by atoms with Crippen LogP contribution in [0.25, 0.3) is 11.6 Å². The smallest absolute Gasteiger partial charge is 0.335 e. The second kappa shape index (κ2) is 4.14. The number of nitrogens with one attached hydrogen (secondary N) is 1. The highest BCUT2D eigenvalue weighted by Crippen LogP contribution is 2.29. The van der Waals surface area contributed by atoms with Gasteiger partial charge in [-0.1, -0.05) is 6.07 Å². The number of carboxylic acid groups (broad SMARTS) is 1. The highest BCUT2D eigenvalue weighted by atomic mass is 16.4. The van der Waals surface area contributed by atoms with E-state index in [1.54, 1.807) is 24.5 Å². The Balaban J connectivity index is 2.05. The van der Waals surface area contributed by atoms with Gasteiger partial charge in [-0.25, -0.2) is 9.78 Å². The van der Waals surface area contributed by atoms with Crippen LogP contribution in [0.5, 0.6) is 0 Å². The van der Waals surface area contributed by atoms with Crippen molar-refractivity contribution in [2.75, 3.05) is 0 Å². The van der Waals surface area contributed by atoms with Gasteiger partial charge in [-0.15, -0.1) is 0 Å². The van der Waals surface area contributed by atoms with Gasteiger partial charge in [0.05, 0.1) is 5.56 Å². The molecule has 0 saturated heterocycles. The number of hydrogen-bond acceptors (Lipinski definition) is 2. The Morgan fingerprint density at radius 3 is 2.94 bits per heavy atom. The van der Waals surface area contributed by atoms with Gasteiger partial charge in [0.25, 0.3) is 0 Å². The Bertz CT molecular complexity index is 627. The fourth-order valence-corrected chi connectivity index (χ4v) is 2.25. The summed E-state index contributed by atoms with van der Waals surface area (Å²) in [6.07, 6.45) is 7.37. The van der Waals surface area contributed by atoms with Crippen LogP contribution in [0.3, 0.4) is 0 Å². The molecule has 1 heterocycles. The number of fused-ring (bicyclic) bond motifs is 1. The average molecular weight is 240 g/mol. The zero-order chi connectivity index (χ0) is 12.5. The highest BCUT2D eigenvalue weighted by Gasteiger charge is 2.14. The lowest BCUT2D eigenvalue weighted by molar-refractivity contribution is 0.0697. The molecular formula is C14H12N2O2. The van der Waals surface area contributed by atoms with Gasteiger partial charge in [-0.2, -0.15) is 0 Å². The summed E-state index contributed by atoms with van der Waals surface area (Å²) in [5.41, 5.74) is 3.61. The van der Waals surface area contributed by atoms with Gasteiger partial charge < -0.3 is 10.1 Å². The lowest BCUT2D eigenvalue weighted by atomic mass is 9.90. The van der Waals surface area contributed by atoms with Gasteiger partial charge in [0.2, 0.25) is 0 Å². The first-order chi connectivity index (χ1) is 8.74. The molecule has 90 valence electrons. The highest BCUT2D eigenvalue weighted by molar-refractivity contribution is 5.90. The third kappa shape index (κ3) is 1.82. The molecule has 1 aromatic carbocycles. The molecule has 0 saturated carbocycles. The molecule has 18 heavy (non-hydrogen) atoms.